The van der Waals surface area contributed by atoms with Crippen LogP contribution in [0, 0.1) is 6.92 Å². The Bertz CT molecular complexity index is 380. The summed E-state index contributed by atoms with van der Waals surface area (Å²) in [4.78, 5) is 15.7. The number of carbonyl (C=O) groups is 1. The van der Waals surface area contributed by atoms with Crippen molar-refractivity contribution in [3.63, 3.8) is 0 Å². The zero-order chi connectivity index (χ0) is 12.1. The molecule has 0 radical (unpaired) electrons. The average Bonchev–Trinajstić information content (AvgIpc) is 2.25. The summed E-state index contributed by atoms with van der Waals surface area (Å²) in [5.74, 6) is 0.195. The minimum Gasteiger partial charge on any atom is -0.370 e. The van der Waals surface area contributed by atoms with Crippen LogP contribution in [0.2, 0.25) is 0 Å². The molecule has 1 unspecified atom stereocenters. The molecule has 1 heterocycles. The lowest BCUT2D eigenvalue weighted by Crippen LogP contribution is -2.36. The van der Waals surface area contributed by atoms with Crippen molar-refractivity contribution in [1.29, 1.82) is 0 Å². The fourth-order valence-corrected chi connectivity index (χ4v) is 1.34. The van der Waals surface area contributed by atoms with Crippen LogP contribution in [0.4, 0.5) is 5.82 Å². The Morgan fingerprint density at radius 3 is 2.94 bits per heavy atom. The van der Waals surface area contributed by atoms with E-state index >= 15 is 0 Å². The quantitative estimate of drug-likeness (QED) is 0.868. The van der Waals surface area contributed by atoms with Gasteiger partial charge in [0.1, 0.15) is 11.9 Å². The number of hydrogen-bond donors (Lipinski definition) is 2. The predicted octanol–water partition coefficient (Wildman–Crippen LogP) is 1.06. The van der Waals surface area contributed by atoms with E-state index in [0.717, 1.165) is 10.0 Å². The third kappa shape index (κ3) is 3.26. The maximum absolute atomic E-state index is 11.6. The van der Waals surface area contributed by atoms with Gasteiger partial charge in [-0.1, -0.05) is 0 Å². The van der Waals surface area contributed by atoms with Crippen LogP contribution >= 0.6 is 15.9 Å². The number of pyridine rings is 1. The van der Waals surface area contributed by atoms with Crippen molar-refractivity contribution in [2.24, 2.45) is 5.73 Å². The molecule has 6 heteroatoms. The minimum absolute atomic E-state index is 0.137. The van der Waals surface area contributed by atoms with Gasteiger partial charge in [-0.15, -0.1) is 0 Å². The van der Waals surface area contributed by atoms with E-state index in [1.807, 2.05) is 6.92 Å². The number of methoxy groups -OCH3 is 1. The number of halogens is 1. The molecule has 0 fully saturated rings. The van der Waals surface area contributed by atoms with Crippen LogP contribution in [0.1, 0.15) is 5.56 Å². The highest BCUT2D eigenvalue weighted by atomic mass is 79.9. The largest absolute Gasteiger partial charge is 0.370 e. The molecule has 0 saturated carbocycles. The van der Waals surface area contributed by atoms with Gasteiger partial charge in [-0.05, 0) is 34.5 Å². The number of aromatic nitrogens is 1. The van der Waals surface area contributed by atoms with Gasteiger partial charge in [-0.25, -0.2) is 4.98 Å². The molecule has 16 heavy (non-hydrogen) atoms. The van der Waals surface area contributed by atoms with Crippen LogP contribution in [-0.2, 0) is 9.53 Å². The molecule has 1 atom stereocenters. The predicted molar refractivity (Wildman–Crippen MR) is 65.2 cm³/mol. The molecule has 0 aliphatic carbocycles. The first-order chi connectivity index (χ1) is 7.58. The highest BCUT2D eigenvalue weighted by Crippen LogP contribution is 2.17. The Morgan fingerprint density at radius 2 is 2.44 bits per heavy atom. The Kier molecular flexibility index (Phi) is 4.85. The first-order valence-electron chi connectivity index (χ1n) is 4.74. The van der Waals surface area contributed by atoms with E-state index < -0.39 is 6.10 Å². The first-order valence-corrected chi connectivity index (χ1v) is 5.53. The van der Waals surface area contributed by atoms with Gasteiger partial charge in [0.2, 0.25) is 0 Å². The second-order valence-electron chi connectivity index (χ2n) is 3.27. The maximum atomic E-state index is 11.6. The zero-order valence-corrected chi connectivity index (χ0v) is 10.7. The first kappa shape index (κ1) is 13.1. The number of nitrogens with one attached hydrogen (secondary N) is 1. The lowest BCUT2D eigenvalue weighted by atomic mass is 10.3. The normalized spacial score (nSPS) is 12.2. The van der Waals surface area contributed by atoms with Crippen LogP contribution in [-0.4, -0.2) is 30.6 Å². The van der Waals surface area contributed by atoms with Crippen LogP contribution in [0.15, 0.2) is 16.7 Å². The van der Waals surface area contributed by atoms with E-state index in [2.05, 4.69) is 26.2 Å². The summed E-state index contributed by atoms with van der Waals surface area (Å²) < 4.78 is 5.81. The molecule has 88 valence electrons. The van der Waals surface area contributed by atoms with Gasteiger partial charge in [0, 0.05) is 24.3 Å². The lowest BCUT2D eigenvalue weighted by Gasteiger charge is -2.12. The third-order valence-corrected chi connectivity index (χ3v) is 2.92. The van der Waals surface area contributed by atoms with E-state index in [4.69, 9.17) is 10.5 Å². The molecule has 1 rings (SSSR count). The molecule has 0 bridgehead atoms. The van der Waals surface area contributed by atoms with E-state index in [9.17, 15) is 4.79 Å². The summed E-state index contributed by atoms with van der Waals surface area (Å²) in [6.07, 6.45) is 0.987. The van der Waals surface area contributed by atoms with E-state index in [0.29, 0.717) is 5.82 Å². The van der Waals surface area contributed by atoms with Crippen molar-refractivity contribution < 1.29 is 9.53 Å². The van der Waals surface area contributed by atoms with E-state index in [1.54, 1.807) is 12.3 Å². The highest BCUT2D eigenvalue weighted by Gasteiger charge is 2.16. The van der Waals surface area contributed by atoms with Gasteiger partial charge in [0.05, 0.1) is 0 Å². The third-order valence-electron chi connectivity index (χ3n) is 2.09. The van der Waals surface area contributed by atoms with Crippen molar-refractivity contribution in [3.8, 4) is 0 Å². The summed E-state index contributed by atoms with van der Waals surface area (Å²) in [6, 6.07) is 1.77. The van der Waals surface area contributed by atoms with Crippen LogP contribution in [0.25, 0.3) is 0 Å². The molecule has 0 aromatic carbocycles. The smallest absolute Gasteiger partial charge is 0.255 e. The Hall–Kier alpha value is -0.980. The van der Waals surface area contributed by atoms with Gasteiger partial charge in [-0.3, -0.25) is 4.79 Å². The lowest BCUT2D eigenvalue weighted by molar-refractivity contribution is -0.125. The van der Waals surface area contributed by atoms with E-state index in [1.165, 1.54) is 7.11 Å². The summed E-state index contributed by atoms with van der Waals surface area (Å²) in [5.41, 5.74) is 6.37. The van der Waals surface area contributed by atoms with Crippen LogP contribution < -0.4 is 11.1 Å². The van der Waals surface area contributed by atoms with Crippen molar-refractivity contribution in [1.82, 2.24) is 4.98 Å². The highest BCUT2D eigenvalue weighted by molar-refractivity contribution is 9.10. The van der Waals surface area contributed by atoms with Gasteiger partial charge in [0.15, 0.2) is 0 Å². The Morgan fingerprint density at radius 1 is 1.75 bits per heavy atom. The molecule has 0 aliphatic rings. The number of nitrogens with zero attached hydrogens (tertiary/aromatic N) is 1. The number of rotatable bonds is 4. The molecule has 1 aromatic heterocycles. The SMILES string of the molecule is COC(CN)C(=O)Nc1cc(C)c(Br)cn1. The van der Waals surface area contributed by atoms with Crippen molar-refractivity contribution in [2.75, 3.05) is 19.0 Å². The number of amides is 1. The Labute approximate surface area is 103 Å². The van der Waals surface area contributed by atoms with Gasteiger partial charge in [0.25, 0.3) is 5.91 Å². The molecule has 0 saturated heterocycles. The van der Waals surface area contributed by atoms with Crippen molar-refractivity contribution in [2.45, 2.75) is 13.0 Å². The summed E-state index contributed by atoms with van der Waals surface area (Å²) >= 11 is 3.33. The van der Waals surface area contributed by atoms with Gasteiger partial charge in [-0.2, -0.15) is 0 Å². The standard InChI is InChI=1S/C10H14BrN3O2/c1-6-3-9(13-5-7(6)11)14-10(15)8(4-12)16-2/h3,5,8H,4,12H2,1-2H3,(H,13,14,15). The molecular weight excluding hydrogens is 274 g/mol. The van der Waals surface area contributed by atoms with Crippen molar-refractivity contribution in [3.05, 3.63) is 22.3 Å². The number of aryl methyl sites for hydroxylation is 1. The number of ether oxygens (including phenoxy) is 1. The average molecular weight is 288 g/mol. The number of anilines is 1. The minimum atomic E-state index is -0.647. The summed E-state index contributed by atoms with van der Waals surface area (Å²) in [7, 11) is 1.44. The van der Waals surface area contributed by atoms with Gasteiger partial charge >= 0.3 is 0 Å². The second kappa shape index (κ2) is 5.93. The van der Waals surface area contributed by atoms with E-state index in [-0.39, 0.29) is 12.5 Å². The molecule has 1 amide bonds. The van der Waals surface area contributed by atoms with Crippen LogP contribution in [0.3, 0.4) is 0 Å². The number of hydrogen-bond acceptors (Lipinski definition) is 4. The molecular formula is C10H14BrN3O2. The zero-order valence-electron chi connectivity index (χ0n) is 9.16. The molecule has 0 aliphatic heterocycles. The molecule has 5 nitrogen and oxygen atoms in total. The number of carbonyl (C=O) groups excluding carboxylic acids is 1. The summed E-state index contributed by atoms with van der Waals surface area (Å²) in [6.45, 7) is 2.05. The molecule has 1 aromatic rings. The fourth-order valence-electron chi connectivity index (χ4n) is 1.12. The number of nitrogens with two attached hydrogens (primary N) is 1. The van der Waals surface area contributed by atoms with Gasteiger partial charge < -0.3 is 15.8 Å². The second-order valence-corrected chi connectivity index (χ2v) is 4.12. The van der Waals surface area contributed by atoms with Crippen LogP contribution in [0.5, 0.6) is 0 Å². The van der Waals surface area contributed by atoms with Crippen molar-refractivity contribution >= 4 is 27.7 Å². The topological polar surface area (TPSA) is 77.2 Å². The fraction of sp³-hybridized carbons (Fsp3) is 0.400. The summed E-state index contributed by atoms with van der Waals surface area (Å²) in [5, 5.41) is 2.64. The molecule has 0 spiro atoms. The Balaban J connectivity index is 2.73. The maximum Gasteiger partial charge on any atom is 0.255 e. The molecule has 3 N–H and O–H groups in total. The monoisotopic (exact) mass is 287 g/mol.